The van der Waals surface area contributed by atoms with Gasteiger partial charge in [-0.15, -0.1) is 0 Å². The molecule has 0 saturated carbocycles. The second-order valence-corrected chi connectivity index (χ2v) is 7.70. The number of hydrogen-bond donors (Lipinski definition) is 0. The fraction of sp³-hybridized carbons (Fsp3) is 0.409. The van der Waals surface area contributed by atoms with Crippen molar-refractivity contribution in [1.29, 1.82) is 0 Å². The second kappa shape index (κ2) is 8.93. The molecule has 0 spiro atoms. The first-order valence-electron chi connectivity index (χ1n) is 9.83. The molecular weight excluding hydrogens is 392 g/mol. The van der Waals surface area contributed by atoms with Crippen LogP contribution < -0.4 is 14.2 Å². The van der Waals surface area contributed by atoms with E-state index >= 15 is 0 Å². The first-order chi connectivity index (χ1) is 14.1. The van der Waals surface area contributed by atoms with E-state index in [1.54, 1.807) is 7.11 Å². The minimum atomic E-state index is 0.140. The van der Waals surface area contributed by atoms with E-state index in [0.717, 1.165) is 48.0 Å². The quantitative estimate of drug-likeness (QED) is 0.750. The SMILES string of the molecule is COc1ccc(Cl)cc1CN1CCN(C(=O)Cc2ccc3c(c2)OCCO3)CC1. The van der Waals surface area contributed by atoms with Crippen LogP contribution in [0.1, 0.15) is 11.1 Å². The summed E-state index contributed by atoms with van der Waals surface area (Å²) < 4.78 is 16.6. The van der Waals surface area contributed by atoms with Crippen molar-refractivity contribution in [2.45, 2.75) is 13.0 Å². The van der Waals surface area contributed by atoms with E-state index in [4.69, 9.17) is 25.8 Å². The molecule has 0 aliphatic carbocycles. The number of amides is 1. The van der Waals surface area contributed by atoms with Crippen molar-refractivity contribution in [3.8, 4) is 17.2 Å². The highest BCUT2D eigenvalue weighted by atomic mass is 35.5. The number of rotatable bonds is 5. The lowest BCUT2D eigenvalue weighted by Gasteiger charge is -2.35. The monoisotopic (exact) mass is 416 g/mol. The summed E-state index contributed by atoms with van der Waals surface area (Å²) >= 11 is 6.13. The molecule has 1 saturated heterocycles. The molecule has 0 radical (unpaired) electrons. The summed E-state index contributed by atoms with van der Waals surface area (Å²) in [6.45, 7) is 4.94. The number of carbonyl (C=O) groups excluding carboxylic acids is 1. The molecule has 7 heteroatoms. The fourth-order valence-corrected chi connectivity index (χ4v) is 3.95. The lowest BCUT2D eigenvalue weighted by molar-refractivity contribution is -0.132. The van der Waals surface area contributed by atoms with Crippen LogP contribution in [-0.2, 0) is 17.8 Å². The maximum absolute atomic E-state index is 12.7. The zero-order valence-electron chi connectivity index (χ0n) is 16.5. The number of benzene rings is 2. The summed E-state index contributed by atoms with van der Waals surface area (Å²) in [6.07, 6.45) is 0.374. The van der Waals surface area contributed by atoms with Crippen molar-refractivity contribution in [2.24, 2.45) is 0 Å². The Labute approximate surface area is 175 Å². The van der Waals surface area contributed by atoms with Gasteiger partial charge in [-0.05, 0) is 35.9 Å². The van der Waals surface area contributed by atoms with Gasteiger partial charge in [-0.3, -0.25) is 9.69 Å². The van der Waals surface area contributed by atoms with E-state index in [-0.39, 0.29) is 5.91 Å². The molecule has 1 amide bonds. The summed E-state index contributed by atoms with van der Waals surface area (Å²) in [5.74, 6) is 2.45. The predicted octanol–water partition coefficient (Wildman–Crippen LogP) is 3.01. The molecule has 2 aromatic rings. The molecule has 0 atom stereocenters. The van der Waals surface area contributed by atoms with Gasteiger partial charge in [-0.1, -0.05) is 17.7 Å². The molecule has 1 fully saturated rings. The van der Waals surface area contributed by atoms with Gasteiger partial charge in [0.05, 0.1) is 13.5 Å². The number of carbonyl (C=O) groups is 1. The van der Waals surface area contributed by atoms with Crippen LogP contribution in [0.3, 0.4) is 0 Å². The summed E-state index contributed by atoms with van der Waals surface area (Å²) in [6, 6.07) is 11.4. The third-order valence-electron chi connectivity index (χ3n) is 5.32. The minimum Gasteiger partial charge on any atom is -0.496 e. The Morgan fingerprint density at radius 2 is 1.79 bits per heavy atom. The van der Waals surface area contributed by atoms with Crippen LogP contribution >= 0.6 is 11.6 Å². The molecule has 0 aromatic heterocycles. The maximum atomic E-state index is 12.7. The molecule has 4 rings (SSSR count). The molecule has 0 bridgehead atoms. The summed E-state index contributed by atoms with van der Waals surface area (Å²) in [5.41, 5.74) is 2.02. The number of hydrogen-bond acceptors (Lipinski definition) is 5. The van der Waals surface area contributed by atoms with E-state index < -0.39 is 0 Å². The number of halogens is 1. The highest BCUT2D eigenvalue weighted by molar-refractivity contribution is 6.30. The lowest BCUT2D eigenvalue weighted by Crippen LogP contribution is -2.48. The zero-order valence-corrected chi connectivity index (χ0v) is 17.3. The van der Waals surface area contributed by atoms with E-state index in [2.05, 4.69) is 4.90 Å². The first-order valence-corrected chi connectivity index (χ1v) is 10.2. The zero-order chi connectivity index (χ0) is 20.2. The first kappa shape index (κ1) is 19.9. The number of methoxy groups -OCH3 is 1. The van der Waals surface area contributed by atoms with Crippen LogP contribution in [-0.4, -0.2) is 62.2 Å². The normalized spacial score (nSPS) is 16.6. The maximum Gasteiger partial charge on any atom is 0.227 e. The molecule has 6 nitrogen and oxygen atoms in total. The largest absolute Gasteiger partial charge is 0.496 e. The smallest absolute Gasteiger partial charge is 0.227 e. The van der Waals surface area contributed by atoms with Crippen molar-refractivity contribution in [3.05, 3.63) is 52.5 Å². The summed E-state index contributed by atoms with van der Waals surface area (Å²) in [7, 11) is 1.67. The van der Waals surface area contributed by atoms with Gasteiger partial charge in [-0.2, -0.15) is 0 Å². The Morgan fingerprint density at radius 3 is 2.55 bits per heavy atom. The molecule has 0 unspecified atom stereocenters. The van der Waals surface area contributed by atoms with Crippen molar-refractivity contribution in [1.82, 2.24) is 9.80 Å². The topological polar surface area (TPSA) is 51.2 Å². The Kier molecular flexibility index (Phi) is 6.11. The van der Waals surface area contributed by atoms with E-state index in [1.165, 1.54) is 0 Å². The van der Waals surface area contributed by atoms with Gasteiger partial charge < -0.3 is 19.1 Å². The van der Waals surface area contributed by atoms with Crippen molar-refractivity contribution in [2.75, 3.05) is 46.5 Å². The van der Waals surface area contributed by atoms with Gasteiger partial charge >= 0.3 is 0 Å². The van der Waals surface area contributed by atoms with Crippen LogP contribution in [0.4, 0.5) is 0 Å². The number of fused-ring (bicyclic) bond motifs is 1. The van der Waals surface area contributed by atoms with E-state index in [0.29, 0.717) is 37.7 Å². The summed E-state index contributed by atoms with van der Waals surface area (Å²) in [5, 5.41) is 0.703. The lowest BCUT2D eigenvalue weighted by atomic mass is 10.1. The minimum absolute atomic E-state index is 0.140. The number of piperazine rings is 1. The van der Waals surface area contributed by atoms with Crippen LogP contribution in [0.15, 0.2) is 36.4 Å². The molecule has 0 N–H and O–H groups in total. The van der Waals surface area contributed by atoms with Gasteiger partial charge in [0.2, 0.25) is 5.91 Å². The van der Waals surface area contributed by atoms with Crippen LogP contribution in [0.25, 0.3) is 0 Å². The second-order valence-electron chi connectivity index (χ2n) is 7.27. The van der Waals surface area contributed by atoms with Gasteiger partial charge in [0, 0.05) is 43.3 Å². The van der Waals surface area contributed by atoms with Crippen molar-refractivity contribution >= 4 is 17.5 Å². The van der Waals surface area contributed by atoms with E-state index in [1.807, 2.05) is 41.3 Å². The Bertz CT molecular complexity index is 881. The molecule has 154 valence electrons. The molecule has 2 aliphatic heterocycles. The van der Waals surface area contributed by atoms with E-state index in [9.17, 15) is 4.79 Å². The number of ether oxygens (including phenoxy) is 3. The molecular formula is C22H25ClN2O4. The highest BCUT2D eigenvalue weighted by Crippen LogP contribution is 2.31. The standard InChI is InChI=1S/C22H25ClN2O4/c1-27-19-5-3-18(23)14-17(19)15-24-6-8-25(9-7-24)22(26)13-16-2-4-20-21(12-16)29-11-10-28-20/h2-5,12,14H,6-11,13,15H2,1H3. The van der Waals surface area contributed by atoms with Crippen molar-refractivity contribution < 1.29 is 19.0 Å². The van der Waals surface area contributed by atoms with Crippen LogP contribution in [0.5, 0.6) is 17.2 Å². The van der Waals surface area contributed by atoms with Gasteiger partial charge in [-0.25, -0.2) is 0 Å². The third kappa shape index (κ3) is 4.77. The molecule has 29 heavy (non-hydrogen) atoms. The molecule has 2 heterocycles. The number of nitrogens with zero attached hydrogens (tertiary/aromatic N) is 2. The van der Waals surface area contributed by atoms with Gasteiger partial charge in [0.1, 0.15) is 19.0 Å². The van der Waals surface area contributed by atoms with Crippen LogP contribution in [0.2, 0.25) is 5.02 Å². The highest BCUT2D eigenvalue weighted by Gasteiger charge is 2.22. The fourth-order valence-electron chi connectivity index (χ4n) is 3.75. The average molecular weight is 417 g/mol. The third-order valence-corrected chi connectivity index (χ3v) is 5.56. The molecule has 2 aliphatic rings. The average Bonchev–Trinajstić information content (AvgIpc) is 2.74. The van der Waals surface area contributed by atoms with Crippen molar-refractivity contribution in [3.63, 3.8) is 0 Å². The van der Waals surface area contributed by atoms with Gasteiger partial charge in [0.15, 0.2) is 11.5 Å². The Morgan fingerprint density at radius 1 is 1.03 bits per heavy atom. The van der Waals surface area contributed by atoms with Crippen LogP contribution in [0, 0.1) is 0 Å². The molecule has 2 aromatic carbocycles. The van der Waals surface area contributed by atoms with Gasteiger partial charge in [0.25, 0.3) is 0 Å². The Balaban J connectivity index is 1.31. The summed E-state index contributed by atoms with van der Waals surface area (Å²) in [4.78, 5) is 17.0. The predicted molar refractivity (Wildman–Crippen MR) is 111 cm³/mol. The Hall–Kier alpha value is -2.44.